The number of ether oxygens (including phenoxy) is 3. The molecule has 0 saturated heterocycles. The van der Waals surface area contributed by atoms with E-state index in [-0.39, 0.29) is 5.91 Å². The normalized spacial score (nSPS) is 11.7. The Labute approximate surface area is 207 Å². The number of carbonyl (C=O) groups excluding carboxylic acids is 1. The number of fused-ring (bicyclic) bond motifs is 2. The van der Waals surface area contributed by atoms with Crippen molar-refractivity contribution in [1.82, 2.24) is 4.98 Å². The summed E-state index contributed by atoms with van der Waals surface area (Å²) < 4.78 is 17.0. The molecule has 0 aliphatic heterocycles. The molecule has 0 aliphatic carbocycles. The summed E-state index contributed by atoms with van der Waals surface area (Å²) in [6.07, 6.45) is 3.53. The largest absolute Gasteiger partial charge is 0.493 e. The Bertz CT molecular complexity index is 1470. The molecule has 0 spiro atoms. The van der Waals surface area contributed by atoms with Gasteiger partial charge in [0.1, 0.15) is 11.5 Å². The van der Waals surface area contributed by atoms with Gasteiger partial charge < -0.3 is 19.5 Å². The fourth-order valence-corrected chi connectivity index (χ4v) is 4.29. The molecule has 0 aliphatic rings. The number of methoxy groups -OCH3 is 2. The van der Waals surface area contributed by atoms with Crippen LogP contribution in [-0.2, 0) is 4.79 Å². The number of carbonyl (C=O) groups is 1. The highest BCUT2D eigenvalue weighted by Crippen LogP contribution is 2.37. The predicted octanol–water partition coefficient (Wildman–Crippen LogP) is 6.43. The summed E-state index contributed by atoms with van der Waals surface area (Å²) in [5.41, 5.74) is 2.03. The zero-order chi connectivity index (χ0) is 24.9. The van der Waals surface area contributed by atoms with Crippen molar-refractivity contribution in [3.8, 4) is 23.0 Å². The van der Waals surface area contributed by atoms with E-state index in [1.807, 2.05) is 60.9 Å². The van der Waals surface area contributed by atoms with Crippen molar-refractivity contribution >= 4 is 51.7 Å². The Morgan fingerprint density at radius 3 is 2.40 bits per heavy atom. The van der Waals surface area contributed by atoms with Gasteiger partial charge in [0.05, 0.1) is 30.3 Å². The van der Waals surface area contributed by atoms with E-state index in [1.54, 1.807) is 27.3 Å². The van der Waals surface area contributed by atoms with Crippen molar-refractivity contribution in [3.63, 3.8) is 0 Å². The van der Waals surface area contributed by atoms with Crippen LogP contribution >= 0.6 is 11.8 Å². The van der Waals surface area contributed by atoms with E-state index in [0.29, 0.717) is 39.3 Å². The smallest absolute Gasteiger partial charge is 0.263 e. The molecule has 8 heteroatoms. The average molecular weight is 488 g/mol. The summed E-state index contributed by atoms with van der Waals surface area (Å²) in [4.78, 5) is 21.4. The van der Waals surface area contributed by atoms with Gasteiger partial charge in [-0.1, -0.05) is 12.1 Å². The number of anilines is 1. The SMILES string of the molecule is C=N/C(C)=C(\SC)C(=O)Nc1ccc2cc(Oc3ccnc4cc(OC)c(OC)cc34)ccc2c1. The lowest BCUT2D eigenvalue weighted by molar-refractivity contribution is -0.112. The lowest BCUT2D eigenvalue weighted by Crippen LogP contribution is -2.13. The quantitative estimate of drug-likeness (QED) is 0.228. The van der Waals surface area contributed by atoms with Crippen LogP contribution in [0.15, 0.2) is 76.4 Å². The highest BCUT2D eigenvalue weighted by molar-refractivity contribution is 8.03. The van der Waals surface area contributed by atoms with Crippen molar-refractivity contribution in [2.75, 3.05) is 25.8 Å². The zero-order valence-electron chi connectivity index (χ0n) is 19.9. The number of aromatic nitrogens is 1. The number of hydrogen-bond donors (Lipinski definition) is 1. The van der Waals surface area contributed by atoms with E-state index >= 15 is 0 Å². The second kappa shape index (κ2) is 10.5. The molecular formula is C27H25N3O4S. The molecule has 1 aromatic heterocycles. The van der Waals surface area contributed by atoms with Crippen LogP contribution < -0.4 is 19.5 Å². The zero-order valence-corrected chi connectivity index (χ0v) is 20.7. The van der Waals surface area contributed by atoms with Crippen LogP contribution in [0.5, 0.6) is 23.0 Å². The lowest BCUT2D eigenvalue weighted by Gasteiger charge is -2.13. The Hall–Kier alpha value is -4.04. The summed E-state index contributed by atoms with van der Waals surface area (Å²) >= 11 is 1.34. The van der Waals surface area contributed by atoms with Crippen molar-refractivity contribution in [2.45, 2.75) is 6.92 Å². The van der Waals surface area contributed by atoms with Gasteiger partial charge in [0.2, 0.25) is 0 Å². The van der Waals surface area contributed by atoms with Gasteiger partial charge in [0.25, 0.3) is 5.91 Å². The van der Waals surface area contributed by atoms with Crippen LogP contribution in [0.3, 0.4) is 0 Å². The number of benzene rings is 3. The maximum absolute atomic E-state index is 12.6. The molecule has 1 N–H and O–H groups in total. The molecular weight excluding hydrogens is 462 g/mol. The molecule has 3 aromatic carbocycles. The summed E-state index contributed by atoms with van der Waals surface area (Å²) in [6, 6.07) is 17.0. The van der Waals surface area contributed by atoms with Crippen LogP contribution in [0, 0.1) is 0 Å². The number of hydrogen-bond acceptors (Lipinski definition) is 7. The van der Waals surface area contributed by atoms with Gasteiger partial charge in [-0.3, -0.25) is 14.8 Å². The molecule has 0 unspecified atom stereocenters. The highest BCUT2D eigenvalue weighted by Gasteiger charge is 2.13. The highest BCUT2D eigenvalue weighted by atomic mass is 32.2. The molecule has 4 rings (SSSR count). The van der Waals surface area contributed by atoms with Gasteiger partial charge in [-0.15, -0.1) is 11.8 Å². The standard InChI is InChI=1S/C27H25N3O4S/c1-16(28-2)26(35-5)27(31)30-19-8-6-18-13-20(9-7-17(18)12-19)34-23-10-11-29-22-15-25(33-4)24(32-3)14-21(22)23/h6-15H,2H2,1,3-5H3,(H,30,31)/b26-16-. The summed E-state index contributed by atoms with van der Waals surface area (Å²) in [5.74, 6) is 2.33. The van der Waals surface area contributed by atoms with Gasteiger partial charge in [-0.2, -0.15) is 0 Å². The number of pyridine rings is 1. The van der Waals surface area contributed by atoms with E-state index in [4.69, 9.17) is 14.2 Å². The molecule has 7 nitrogen and oxygen atoms in total. The maximum Gasteiger partial charge on any atom is 0.263 e. The first-order chi connectivity index (χ1) is 17.0. The molecule has 178 valence electrons. The second-order valence-electron chi connectivity index (χ2n) is 7.59. The van der Waals surface area contributed by atoms with E-state index < -0.39 is 0 Å². The maximum atomic E-state index is 12.6. The summed E-state index contributed by atoms with van der Waals surface area (Å²) in [6.45, 7) is 5.27. The van der Waals surface area contributed by atoms with Gasteiger partial charge in [0, 0.05) is 23.3 Å². The van der Waals surface area contributed by atoms with Crippen molar-refractivity contribution in [1.29, 1.82) is 0 Å². The molecule has 0 fully saturated rings. The minimum absolute atomic E-state index is 0.210. The van der Waals surface area contributed by atoms with Crippen LogP contribution in [0.25, 0.3) is 21.7 Å². The summed E-state index contributed by atoms with van der Waals surface area (Å²) in [7, 11) is 3.18. The first-order valence-electron chi connectivity index (χ1n) is 10.7. The third-order valence-corrected chi connectivity index (χ3v) is 6.37. The molecule has 0 saturated carbocycles. The van der Waals surface area contributed by atoms with Gasteiger partial charge in [-0.25, -0.2) is 0 Å². The number of aliphatic imine (C=N–C) groups is 1. The molecule has 0 atom stereocenters. The van der Waals surface area contributed by atoms with Crippen LogP contribution in [0.2, 0.25) is 0 Å². The monoisotopic (exact) mass is 487 g/mol. The molecule has 4 aromatic rings. The Balaban J connectivity index is 1.61. The van der Waals surface area contributed by atoms with E-state index in [9.17, 15) is 4.79 Å². The van der Waals surface area contributed by atoms with E-state index in [2.05, 4.69) is 22.0 Å². The predicted molar refractivity (Wildman–Crippen MR) is 143 cm³/mol. The Kier molecular flexibility index (Phi) is 7.22. The van der Waals surface area contributed by atoms with Crippen molar-refractivity contribution in [2.24, 2.45) is 4.99 Å². The fourth-order valence-electron chi connectivity index (χ4n) is 3.69. The minimum Gasteiger partial charge on any atom is -0.493 e. The average Bonchev–Trinajstić information content (AvgIpc) is 2.88. The van der Waals surface area contributed by atoms with E-state index in [0.717, 1.165) is 21.7 Å². The first kappa shape index (κ1) is 24.1. The lowest BCUT2D eigenvalue weighted by atomic mass is 10.1. The number of rotatable bonds is 8. The Morgan fingerprint density at radius 2 is 1.69 bits per heavy atom. The number of nitrogens with zero attached hydrogens (tertiary/aromatic N) is 2. The van der Waals surface area contributed by atoms with Gasteiger partial charge >= 0.3 is 0 Å². The van der Waals surface area contributed by atoms with Crippen LogP contribution in [0.4, 0.5) is 5.69 Å². The van der Waals surface area contributed by atoms with Crippen molar-refractivity contribution in [3.05, 3.63) is 71.4 Å². The number of allylic oxidation sites excluding steroid dienone is 1. The second-order valence-corrected chi connectivity index (χ2v) is 8.41. The fraction of sp³-hybridized carbons (Fsp3) is 0.148. The van der Waals surface area contributed by atoms with Crippen LogP contribution in [-0.4, -0.2) is 38.1 Å². The van der Waals surface area contributed by atoms with Gasteiger partial charge in [-0.05, 0) is 67.1 Å². The van der Waals surface area contributed by atoms with Crippen LogP contribution in [0.1, 0.15) is 6.92 Å². The molecule has 1 heterocycles. The topological polar surface area (TPSA) is 82.0 Å². The van der Waals surface area contributed by atoms with Crippen molar-refractivity contribution < 1.29 is 19.0 Å². The molecule has 0 radical (unpaired) electrons. The molecule has 1 amide bonds. The first-order valence-corrected chi connectivity index (χ1v) is 11.9. The third kappa shape index (κ3) is 5.07. The van der Waals surface area contributed by atoms with Gasteiger partial charge in [0.15, 0.2) is 11.5 Å². The summed E-state index contributed by atoms with van der Waals surface area (Å²) in [5, 5.41) is 5.68. The number of amides is 1. The Morgan fingerprint density at radius 1 is 0.971 bits per heavy atom. The number of nitrogens with one attached hydrogen (secondary N) is 1. The minimum atomic E-state index is -0.210. The third-order valence-electron chi connectivity index (χ3n) is 5.48. The van der Waals surface area contributed by atoms with E-state index in [1.165, 1.54) is 11.8 Å². The molecule has 0 bridgehead atoms. The molecule has 35 heavy (non-hydrogen) atoms. The number of thioether (sulfide) groups is 1.